The smallest absolute Gasteiger partial charge is 0.493 e. The molecule has 0 aromatic heterocycles. The Kier molecular flexibility index (Phi) is 6.40. The fourth-order valence-corrected chi connectivity index (χ4v) is 5.54. The summed E-state index contributed by atoms with van der Waals surface area (Å²) in [5.74, 6) is -0.557. The zero-order chi connectivity index (χ0) is 27.1. The van der Waals surface area contributed by atoms with Gasteiger partial charge in [0, 0.05) is 11.8 Å². The third-order valence-electron chi connectivity index (χ3n) is 7.38. The van der Waals surface area contributed by atoms with E-state index in [1.54, 1.807) is 24.3 Å². The lowest BCUT2D eigenvalue weighted by Gasteiger charge is -2.37. The zero-order valence-corrected chi connectivity index (χ0v) is 21.2. The van der Waals surface area contributed by atoms with E-state index in [4.69, 9.17) is 33.2 Å². The normalized spacial score (nSPS) is 22.4. The molecule has 10 nitrogen and oxygen atoms in total. The molecule has 3 aromatic carbocycles. The van der Waals surface area contributed by atoms with Crippen molar-refractivity contribution in [3.8, 4) is 28.7 Å². The van der Waals surface area contributed by atoms with Gasteiger partial charge in [-0.1, -0.05) is 30.3 Å². The third-order valence-corrected chi connectivity index (χ3v) is 7.38. The first kappa shape index (κ1) is 24.9. The van der Waals surface area contributed by atoms with E-state index < -0.39 is 36.0 Å². The summed E-state index contributed by atoms with van der Waals surface area (Å²) in [6.45, 7) is 0.199. The quantitative estimate of drug-likeness (QED) is 0.365. The molecule has 0 spiro atoms. The number of carbonyl (C=O) groups is 2. The zero-order valence-electron chi connectivity index (χ0n) is 21.2. The minimum atomic E-state index is -0.929. The average Bonchev–Trinajstić information content (AvgIpc) is 3.58. The summed E-state index contributed by atoms with van der Waals surface area (Å²) < 4.78 is 38.4. The van der Waals surface area contributed by atoms with Crippen LogP contribution < -0.4 is 23.7 Å². The number of hydrogen-bond donors (Lipinski definition) is 1. The number of benzene rings is 3. The number of fused-ring (bicyclic) bond motifs is 3. The summed E-state index contributed by atoms with van der Waals surface area (Å²) in [6.07, 6.45) is -1.85. The molecule has 10 heteroatoms. The van der Waals surface area contributed by atoms with Crippen LogP contribution in [0.2, 0.25) is 0 Å². The lowest BCUT2D eigenvalue weighted by Crippen LogP contribution is -2.34. The van der Waals surface area contributed by atoms with Crippen LogP contribution >= 0.6 is 0 Å². The van der Waals surface area contributed by atoms with Crippen molar-refractivity contribution in [3.63, 3.8) is 0 Å². The van der Waals surface area contributed by atoms with Crippen LogP contribution in [0.15, 0.2) is 54.6 Å². The summed E-state index contributed by atoms with van der Waals surface area (Å²) in [6, 6.07) is 16.1. The van der Waals surface area contributed by atoms with Crippen molar-refractivity contribution in [2.45, 2.75) is 18.6 Å². The second-order valence-electron chi connectivity index (χ2n) is 9.46. The second kappa shape index (κ2) is 10.0. The van der Waals surface area contributed by atoms with Crippen LogP contribution in [0.1, 0.15) is 34.3 Å². The highest BCUT2D eigenvalue weighted by Crippen LogP contribution is 2.55. The van der Waals surface area contributed by atoms with Crippen molar-refractivity contribution in [1.29, 1.82) is 0 Å². The van der Waals surface area contributed by atoms with Crippen LogP contribution in [0.4, 0.5) is 4.79 Å². The van der Waals surface area contributed by atoms with E-state index in [9.17, 15) is 14.7 Å². The van der Waals surface area contributed by atoms with Crippen LogP contribution in [0.5, 0.6) is 28.7 Å². The summed E-state index contributed by atoms with van der Waals surface area (Å²) in [5, 5.41) is 11.2. The topological polar surface area (TPSA) is 119 Å². The van der Waals surface area contributed by atoms with Crippen molar-refractivity contribution in [3.05, 3.63) is 76.9 Å². The van der Waals surface area contributed by atoms with Gasteiger partial charge < -0.3 is 38.3 Å². The fourth-order valence-electron chi connectivity index (χ4n) is 5.54. The average molecular weight is 535 g/mol. The molecule has 6 rings (SSSR count). The number of methoxy groups -OCH3 is 2. The SMILES string of the molecule is COc1cc([C@@H]2c3cc4c(cc3C(O)[C@H]3COC(=O)C23)OCO4)cc(OC)c1OC(=O)OCc1ccccc1. The molecule has 1 saturated heterocycles. The standard InChI is InChI=1S/C29H26O10/c1-33-22-8-16(9-23(34-2)27(22)39-29(32)36-12-15-6-4-3-5-7-15)24-17-10-20-21(38-14-37-20)11-18(17)26(30)19-13-35-28(31)25(19)24/h3-11,19,24-26,30H,12-14H2,1-2H3/t19-,24+,25?,26?/m0/s1. The van der Waals surface area contributed by atoms with Crippen LogP contribution in [0.25, 0.3) is 0 Å². The molecule has 0 amide bonds. The summed E-state index contributed by atoms with van der Waals surface area (Å²) in [7, 11) is 2.87. The minimum absolute atomic E-state index is 0.0326. The minimum Gasteiger partial charge on any atom is -0.493 e. The maximum atomic E-state index is 13.0. The van der Waals surface area contributed by atoms with E-state index >= 15 is 0 Å². The van der Waals surface area contributed by atoms with Crippen molar-refractivity contribution in [2.24, 2.45) is 11.8 Å². The van der Waals surface area contributed by atoms with E-state index in [0.29, 0.717) is 28.2 Å². The number of esters is 1. The Morgan fingerprint density at radius 3 is 2.28 bits per heavy atom. The molecular weight excluding hydrogens is 508 g/mol. The molecule has 1 fully saturated rings. The molecule has 39 heavy (non-hydrogen) atoms. The van der Waals surface area contributed by atoms with E-state index in [2.05, 4.69) is 0 Å². The van der Waals surface area contributed by atoms with Crippen molar-refractivity contribution >= 4 is 12.1 Å². The highest BCUT2D eigenvalue weighted by molar-refractivity contribution is 5.79. The molecule has 3 aromatic rings. The van der Waals surface area contributed by atoms with Crippen LogP contribution in [-0.2, 0) is 20.9 Å². The maximum Gasteiger partial charge on any atom is 0.514 e. The molecule has 0 saturated carbocycles. The Balaban J connectivity index is 1.37. The summed E-state index contributed by atoms with van der Waals surface area (Å²) in [4.78, 5) is 25.5. The molecule has 2 aliphatic heterocycles. The number of aliphatic hydroxyl groups is 1. The van der Waals surface area contributed by atoms with Gasteiger partial charge in [0.15, 0.2) is 23.0 Å². The van der Waals surface area contributed by atoms with E-state index in [1.165, 1.54) is 14.2 Å². The Morgan fingerprint density at radius 1 is 0.949 bits per heavy atom. The Hall–Kier alpha value is -4.44. The van der Waals surface area contributed by atoms with Gasteiger partial charge in [0.2, 0.25) is 12.5 Å². The molecule has 0 bridgehead atoms. The van der Waals surface area contributed by atoms with E-state index in [-0.39, 0.29) is 37.3 Å². The van der Waals surface area contributed by atoms with Gasteiger partial charge in [-0.05, 0) is 46.5 Å². The van der Waals surface area contributed by atoms with Gasteiger partial charge in [0.25, 0.3) is 0 Å². The van der Waals surface area contributed by atoms with E-state index in [0.717, 1.165) is 5.56 Å². The van der Waals surface area contributed by atoms with Crippen molar-refractivity contribution < 1.29 is 47.9 Å². The molecule has 1 aliphatic carbocycles. The molecular formula is C29H26O10. The Morgan fingerprint density at radius 2 is 1.62 bits per heavy atom. The summed E-state index contributed by atoms with van der Waals surface area (Å²) in [5.41, 5.74) is 2.79. The highest BCUT2D eigenvalue weighted by atomic mass is 16.7. The Bertz CT molecular complexity index is 1390. The maximum absolute atomic E-state index is 13.0. The van der Waals surface area contributed by atoms with Gasteiger partial charge in [-0.15, -0.1) is 0 Å². The lowest BCUT2D eigenvalue weighted by molar-refractivity contribution is -0.141. The van der Waals surface area contributed by atoms with Gasteiger partial charge in [-0.25, -0.2) is 4.79 Å². The molecule has 3 aliphatic rings. The third kappa shape index (κ3) is 4.36. The number of carbonyl (C=O) groups excluding carboxylic acids is 2. The van der Waals surface area contributed by atoms with Gasteiger partial charge in [-0.2, -0.15) is 0 Å². The molecule has 2 unspecified atom stereocenters. The number of ether oxygens (including phenoxy) is 7. The van der Waals surface area contributed by atoms with E-state index in [1.807, 2.05) is 30.3 Å². The predicted octanol–water partition coefficient (Wildman–Crippen LogP) is 4.12. The van der Waals surface area contributed by atoms with Gasteiger partial charge >= 0.3 is 12.1 Å². The number of aliphatic hydroxyl groups excluding tert-OH is 1. The Labute approximate surface area is 223 Å². The first-order valence-electron chi connectivity index (χ1n) is 12.4. The van der Waals surface area contributed by atoms with Crippen LogP contribution in [0.3, 0.4) is 0 Å². The second-order valence-corrected chi connectivity index (χ2v) is 9.46. The van der Waals surface area contributed by atoms with Gasteiger partial charge in [-0.3, -0.25) is 4.79 Å². The predicted molar refractivity (Wildman–Crippen MR) is 134 cm³/mol. The number of cyclic esters (lactones) is 1. The molecule has 1 N–H and O–H groups in total. The highest BCUT2D eigenvalue weighted by Gasteiger charge is 2.52. The largest absolute Gasteiger partial charge is 0.514 e. The van der Waals surface area contributed by atoms with Crippen LogP contribution in [0, 0.1) is 11.8 Å². The first-order chi connectivity index (χ1) is 19.0. The lowest BCUT2D eigenvalue weighted by atomic mass is 9.66. The monoisotopic (exact) mass is 534 g/mol. The van der Waals surface area contributed by atoms with Crippen LogP contribution in [-0.4, -0.2) is 44.9 Å². The summed E-state index contributed by atoms with van der Waals surface area (Å²) >= 11 is 0. The molecule has 202 valence electrons. The fraction of sp³-hybridized carbons (Fsp3) is 0.310. The number of rotatable bonds is 6. The number of hydrogen-bond acceptors (Lipinski definition) is 10. The molecule has 2 heterocycles. The van der Waals surface area contributed by atoms with Crippen molar-refractivity contribution in [2.75, 3.05) is 27.6 Å². The molecule has 4 atom stereocenters. The van der Waals surface area contributed by atoms with Gasteiger partial charge in [0.1, 0.15) is 6.61 Å². The molecule has 0 radical (unpaired) electrons. The van der Waals surface area contributed by atoms with Gasteiger partial charge in [0.05, 0.1) is 32.8 Å². The van der Waals surface area contributed by atoms with Crippen molar-refractivity contribution in [1.82, 2.24) is 0 Å². The first-order valence-corrected chi connectivity index (χ1v) is 12.4.